The molecule has 1 rings (SSSR count). The second kappa shape index (κ2) is 6.99. The minimum Gasteiger partial charge on any atom is -0.399 e. The van der Waals surface area contributed by atoms with Gasteiger partial charge in [-0.1, -0.05) is 0 Å². The maximum absolute atomic E-state index is 12.4. The van der Waals surface area contributed by atoms with Gasteiger partial charge in [0.25, 0.3) is 5.91 Å². The average molecular weight is 264 g/mol. The van der Waals surface area contributed by atoms with E-state index in [2.05, 4.69) is 4.90 Å². The van der Waals surface area contributed by atoms with Crippen LogP contribution in [0.25, 0.3) is 0 Å². The molecule has 0 aliphatic carbocycles. The first-order chi connectivity index (χ1) is 8.95. The summed E-state index contributed by atoms with van der Waals surface area (Å²) in [5.41, 5.74) is 13.0. The predicted octanol–water partition coefficient (Wildman–Crippen LogP) is 1.26. The number of rotatable bonds is 6. The van der Waals surface area contributed by atoms with E-state index in [1.54, 1.807) is 18.2 Å². The number of benzene rings is 1. The van der Waals surface area contributed by atoms with Crippen LogP contribution in [0.3, 0.4) is 0 Å². The molecular weight excluding hydrogens is 240 g/mol. The number of nitrogens with two attached hydrogens (primary N) is 2. The van der Waals surface area contributed by atoms with Crippen LogP contribution in [0, 0.1) is 0 Å². The van der Waals surface area contributed by atoms with Gasteiger partial charge in [-0.25, -0.2) is 0 Å². The Bertz CT molecular complexity index is 431. The standard InChI is InChI=1S/C14H24N4O/c1-4-18(9-5-8-17(2)3)14(19)12-7-6-11(15)10-13(12)16/h6-7,10H,4-5,8-9,15-16H2,1-3H3. The van der Waals surface area contributed by atoms with Crippen LogP contribution in [0.1, 0.15) is 23.7 Å². The first-order valence-corrected chi connectivity index (χ1v) is 6.54. The largest absolute Gasteiger partial charge is 0.399 e. The maximum Gasteiger partial charge on any atom is 0.255 e. The van der Waals surface area contributed by atoms with E-state index in [0.29, 0.717) is 23.5 Å². The van der Waals surface area contributed by atoms with Crippen molar-refractivity contribution in [2.75, 3.05) is 45.2 Å². The van der Waals surface area contributed by atoms with Gasteiger partial charge in [0.05, 0.1) is 5.56 Å². The fourth-order valence-corrected chi connectivity index (χ4v) is 1.93. The van der Waals surface area contributed by atoms with Gasteiger partial charge in [0.1, 0.15) is 0 Å². The molecule has 19 heavy (non-hydrogen) atoms. The van der Waals surface area contributed by atoms with Crippen LogP contribution in [-0.2, 0) is 0 Å². The van der Waals surface area contributed by atoms with Gasteiger partial charge in [-0.15, -0.1) is 0 Å². The van der Waals surface area contributed by atoms with Gasteiger partial charge >= 0.3 is 0 Å². The molecule has 106 valence electrons. The molecule has 0 bridgehead atoms. The van der Waals surface area contributed by atoms with Gasteiger partial charge in [0.2, 0.25) is 0 Å². The highest BCUT2D eigenvalue weighted by molar-refractivity contribution is 5.99. The van der Waals surface area contributed by atoms with E-state index in [0.717, 1.165) is 19.5 Å². The summed E-state index contributed by atoms with van der Waals surface area (Å²) in [6, 6.07) is 5.03. The first-order valence-electron chi connectivity index (χ1n) is 6.54. The summed E-state index contributed by atoms with van der Waals surface area (Å²) in [5.74, 6) is -0.0289. The molecule has 0 heterocycles. The third-order valence-corrected chi connectivity index (χ3v) is 3.01. The lowest BCUT2D eigenvalue weighted by Gasteiger charge is -2.22. The van der Waals surface area contributed by atoms with Crippen molar-refractivity contribution in [3.8, 4) is 0 Å². The number of nitrogen functional groups attached to an aromatic ring is 2. The quantitative estimate of drug-likeness (QED) is 0.759. The lowest BCUT2D eigenvalue weighted by atomic mass is 10.1. The zero-order chi connectivity index (χ0) is 14.4. The van der Waals surface area contributed by atoms with Gasteiger partial charge in [-0.05, 0) is 52.2 Å². The van der Waals surface area contributed by atoms with Crippen molar-refractivity contribution in [3.05, 3.63) is 23.8 Å². The number of hydrogen-bond acceptors (Lipinski definition) is 4. The molecule has 0 aliphatic rings. The van der Waals surface area contributed by atoms with Crippen LogP contribution >= 0.6 is 0 Å². The van der Waals surface area contributed by atoms with Crippen molar-refractivity contribution in [2.45, 2.75) is 13.3 Å². The van der Waals surface area contributed by atoms with Gasteiger partial charge in [-0.2, -0.15) is 0 Å². The molecule has 0 unspecified atom stereocenters. The molecule has 5 heteroatoms. The second-order valence-corrected chi connectivity index (χ2v) is 4.89. The van der Waals surface area contributed by atoms with E-state index < -0.39 is 0 Å². The molecule has 1 amide bonds. The Morgan fingerprint density at radius 3 is 2.42 bits per heavy atom. The lowest BCUT2D eigenvalue weighted by molar-refractivity contribution is 0.0760. The highest BCUT2D eigenvalue weighted by Gasteiger charge is 2.16. The van der Waals surface area contributed by atoms with Crippen LogP contribution in [0.4, 0.5) is 11.4 Å². The molecular formula is C14H24N4O. The molecule has 0 saturated carbocycles. The van der Waals surface area contributed by atoms with Crippen molar-refractivity contribution in [2.24, 2.45) is 0 Å². The zero-order valence-electron chi connectivity index (χ0n) is 12.0. The molecule has 0 aliphatic heterocycles. The Morgan fingerprint density at radius 1 is 1.21 bits per heavy atom. The number of carbonyl (C=O) groups excluding carboxylic acids is 1. The van der Waals surface area contributed by atoms with Gasteiger partial charge < -0.3 is 21.3 Å². The minimum atomic E-state index is -0.0289. The van der Waals surface area contributed by atoms with Crippen LogP contribution < -0.4 is 11.5 Å². The van der Waals surface area contributed by atoms with Crippen LogP contribution in [-0.4, -0.2) is 49.4 Å². The summed E-state index contributed by atoms with van der Waals surface area (Å²) in [7, 11) is 4.05. The van der Waals surface area contributed by atoms with Gasteiger partial charge in [0.15, 0.2) is 0 Å². The summed E-state index contributed by atoms with van der Waals surface area (Å²) in [6.45, 7) is 4.34. The van der Waals surface area contributed by atoms with E-state index in [1.807, 2.05) is 25.9 Å². The Morgan fingerprint density at radius 2 is 1.89 bits per heavy atom. The predicted molar refractivity (Wildman–Crippen MR) is 80.0 cm³/mol. The van der Waals surface area contributed by atoms with Crippen LogP contribution in [0.2, 0.25) is 0 Å². The number of hydrogen-bond donors (Lipinski definition) is 2. The third kappa shape index (κ3) is 4.44. The Balaban J connectivity index is 2.72. The van der Waals surface area contributed by atoms with E-state index in [-0.39, 0.29) is 5.91 Å². The summed E-state index contributed by atoms with van der Waals surface area (Å²) in [5, 5.41) is 0. The molecule has 0 fully saturated rings. The highest BCUT2D eigenvalue weighted by Crippen LogP contribution is 2.17. The molecule has 1 aromatic rings. The molecule has 0 aromatic heterocycles. The monoisotopic (exact) mass is 264 g/mol. The molecule has 1 aromatic carbocycles. The number of carbonyl (C=O) groups is 1. The minimum absolute atomic E-state index is 0.0289. The third-order valence-electron chi connectivity index (χ3n) is 3.01. The Hall–Kier alpha value is -1.75. The van der Waals surface area contributed by atoms with E-state index in [9.17, 15) is 4.79 Å². The van der Waals surface area contributed by atoms with E-state index in [4.69, 9.17) is 11.5 Å². The van der Waals surface area contributed by atoms with E-state index in [1.165, 1.54) is 0 Å². The number of anilines is 2. The molecule has 0 spiro atoms. The van der Waals surface area contributed by atoms with Crippen molar-refractivity contribution in [1.82, 2.24) is 9.80 Å². The smallest absolute Gasteiger partial charge is 0.255 e. The molecule has 4 N–H and O–H groups in total. The molecule has 0 radical (unpaired) electrons. The molecule has 0 saturated heterocycles. The van der Waals surface area contributed by atoms with Crippen molar-refractivity contribution in [1.29, 1.82) is 0 Å². The number of amides is 1. The molecule has 0 atom stereocenters. The van der Waals surface area contributed by atoms with E-state index >= 15 is 0 Å². The lowest BCUT2D eigenvalue weighted by Crippen LogP contribution is -2.33. The summed E-state index contributed by atoms with van der Waals surface area (Å²) in [4.78, 5) is 16.3. The summed E-state index contributed by atoms with van der Waals surface area (Å²) >= 11 is 0. The van der Waals surface area contributed by atoms with Gasteiger partial charge in [-0.3, -0.25) is 4.79 Å². The SMILES string of the molecule is CCN(CCCN(C)C)C(=O)c1ccc(N)cc1N. The van der Waals surface area contributed by atoms with Crippen LogP contribution in [0.15, 0.2) is 18.2 Å². The summed E-state index contributed by atoms with van der Waals surface area (Å²) < 4.78 is 0. The summed E-state index contributed by atoms with van der Waals surface area (Å²) in [6.07, 6.45) is 0.946. The fourth-order valence-electron chi connectivity index (χ4n) is 1.93. The van der Waals surface area contributed by atoms with Crippen molar-refractivity contribution >= 4 is 17.3 Å². The highest BCUT2D eigenvalue weighted by atomic mass is 16.2. The topological polar surface area (TPSA) is 75.6 Å². The Kier molecular flexibility index (Phi) is 5.63. The number of nitrogens with zero attached hydrogens (tertiary/aromatic N) is 2. The average Bonchev–Trinajstić information content (AvgIpc) is 2.33. The Labute approximate surface area is 115 Å². The first kappa shape index (κ1) is 15.3. The van der Waals surface area contributed by atoms with Crippen molar-refractivity contribution < 1.29 is 4.79 Å². The maximum atomic E-state index is 12.4. The second-order valence-electron chi connectivity index (χ2n) is 4.89. The molecule has 5 nitrogen and oxygen atoms in total. The fraction of sp³-hybridized carbons (Fsp3) is 0.500. The zero-order valence-corrected chi connectivity index (χ0v) is 12.0. The van der Waals surface area contributed by atoms with Crippen molar-refractivity contribution in [3.63, 3.8) is 0 Å². The van der Waals surface area contributed by atoms with Crippen LogP contribution in [0.5, 0.6) is 0 Å². The normalized spacial score (nSPS) is 10.7. The van der Waals surface area contributed by atoms with Gasteiger partial charge in [0, 0.05) is 24.5 Å².